The molecule has 6 heteroatoms. The fourth-order valence-electron chi connectivity index (χ4n) is 1.61. The second-order valence-electron chi connectivity index (χ2n) is 4.26. The smallest absolute Gasteiger partial charge is 0.214 e. The maximum atomic E-state index is 12.0. The van der Waals surface area contributed by atoms with Crippen molar-refractivity contribution >= 4 is 10.0 Å². The number of hydrogen-bond donors (Lipinski definition) is 1. The molecule has 0 unspecified atom stereocenters. The maximum Gasteiger partial charge on any atom is 0.214 e. The van der Waals surface area contributed by atoms with Crippen LogP contribution in [-0.4, -0.2) is 38.6 Å². The lowest BCUT2D eigenvalue weighted by molar-refractivity contribution is 0.461. The van der Waals surface area contributed by atoms with Crippen molar-refractivity contribution in [2.45, 2.75) is 26.3 Å². The molecule has 0 aliphatic heterocycles. The SMILES string of the molecule is CCNCCCCS(=O)(=O)N(C)Cc1ccoc1. The Morgan fingerprint density at radius 1 is 1.39 bits per heavy atom. The van der Waals surface area contributed by atoms with Crippen molar-refractivity contribution in [3.8, 4) is 0 Å². The third kappa shape index (κ3) is 5.20. The van der Waals surface area contributed by atoms with Crippen molar-refractivity contribution < 1.29 is 12.8 Å². The predicted molar refractivity (Wildman–Crippen MR) is 71.7 cm³/mol. The average Bonchev–Trinajstić information content (AvgIpc) is 2.81. The predicted octanol–water partition coefficient (Wildman–Crippen LogP) is 1.43. The van der Waals surface area contributed by atoms with Gasteiger partial charge in [0.2, 0.25) is 10.0 Å². The summed E-state index contributed by atoms with van der Waals surface area (Å²) in [5.41, 5.74) is 0.869. The summed E-state index contributed by atoms with van der Waals surface area (Å²) in [4.78, 5) is 0. The van der Waals surface area contributed by atoms with Crippen LogP contribution in [0, 0.1) is 0 Å². The van der Waals surface area contributed by atoms with E-state index in [-0.39, 0.29) is 5.75 Å². The molecular formula is C12H22N2O3S. The van der Waals surface area contributed by atoms with Crippen LogP contribution in [0.3, 0.4) is 0 Å². The van der Waals surface area contributed by atoms with Crippen LogP contribution in [0.5, 0.6) is 0 Å². The first-order valence-corrected chi connectivity index (χ1v) is 7.83. The van der Waals surface area contributed by atoms with Crippen LogP contribution in [-0.2, 0) is 16.6 Å². The minimum absolute atomic E-state index is 0.201. The molecule has 1 rings (SSSR count). The minimum Gasteiger partial charge on any atom is -0.472 e. The molecule has 104 valence electrons. The molecule has 0 saturated carbocycles. The van der Waals surface area contributed by atoms with Gasteiger partial charge in [0.15, 0.2) is 0 Å². The van der Waals surface area contributed by atoms with Crippen LogP contribution in [0.4, 0.5) is 0 Å². The minimum atomic E-state index is -3.16. The lowest BCUT2D eigenvalue weighted by Crippen LogP contribution is -2.29. The van der Waals surface area contributed by atoms with E-state index in [0.717, 1.165) is 25.1 Å². The monoisotopic (exact) mass is 274 g/mol. The van der Waals surface area contributed by atoms with Gasteiger partial charge in [0, 0.05) is 19.2 Å². The van der Waals surface area contributed by atoms with Gasteiger partial charge >= 0.3 is 0 Å². The fourth-order valence-corrected chi connectivity index (χ4v) is 2.83. The Balaban J connectivity index is 2.33. The molecule has 5 nitrogen and oxygen atoms in total. The van der Waals surface area contributed by atoms with Crippen molar-refractivity contribution in [1.29, 1.82) is 0 Å². The summed E-state index contributed by atoms with van der Waals surface area (Å²) < 4.78 is 30.2. The lowest BCUT2D eigenvalue weighted by atomic mass is 10.3. The van der Waals surface area contributed by atoms with Gasteiger partial charge in [-0.15, -0.1) is 0 Å². The van der Waals surface area contributed by atoms with Gasteiger partial charge in [-0.3, -0.25) is 0 Å². The average molecular weight is 274 g/mol. The number of nitrogens with zero attached hydrogens (tertiary/aromatic N) is 1. The second-order valence-corrected chi connectivity index (χ2v) is 6.46. The number of furan rings is 1. The van der Waals surface area contributed by atoms with Gasteiger partial charge in [-0.05, 0) is 32.0 Å². The summed E-state index contributed by atoms with van der Waals surface area (Å²) in [7, 11) is -1.56. The molecule has 0 aromatic carbocycles. The van der Waals surface area contributed by atoms with Gasteiger partial charge in [-0.25, -0.2) is 12.7 Å². The highest BCUT2D eigenvalue weighted by molar-refractivity contribution is 7.89. The zero-order valence-corrected chi connectivity index (χ0v) is 11.9. The Hall–Kier alpha value is -0.850. The van der Waals surface area contributed by atoms with E-state index in [4.69, 9.17) is 4.42 Å². The standard InChI is InChI=1S/C12H22N2O3S/c1-3-13-7-4-5-9-18(15,16)14(2)10-12-6-8-17-11-12/h6,8,11,13H,3-5,7,9-10H2,1-2H3. The van der Waals surface area contributed by atoms with E-state index in [1.807, 2.05) is 6.92 Å². The molecule has 0 spiro atoms. The van der Waals surface area contributed by atoms with Gasteiger partial charge in [-0.2, -0.15) is 0 Å². The van der Waals surface area contributed by atoms with Crippen molar-refractivity contribution in [2.24, 2.45) is 0 Å². The Kier molecular flexibility index (Phi) is 6.38. The van der Waals surface area contributed by atoms with E-state index in [1.54, 1.807) is 25.6 Å². The molecular weight excluding hydrogens is 252 g/mol. The van der Waals surface area contributed by atoms with E-state index >= 15 is 0 Å². The van der Waals surface area contributed by atoms with Gasteiger partial charge in [-0.1, -0.05) is 6.92 Å². The first kappa shape index (κ1) is 15.2. The van der Waals surface area contributed by atoms with E-state index in [9.17, 15) is 8.42 Å². The number of sulfonamides is 1. The molecule has 1 aromatic rings. The van der Waals surface area contributed by atoms with Crippen molar-refractivity contribution in [3.63, 3.8) is 0 Å². The summed E-state index contributed by atoms with van der Waals surface area (Å²) in [6.07, 6.45) is 4.68. The quantitative estimate of drug-likeness (QED) is 0.692. The van der Waals surface area contributed by atoms with Crippen LogP contribution >= 0.6 is 0 Å². The Morgan fingerprint density at radius 2 is 2.17 bits per heavy atom. The molecule has 1 N–H and O–H groups in total. The van der Waals surface area contributed by atoms with Crippen LogP contribution in [0.2, 0.25) is 0 Å². The molecule has 1 heterocycles. The molecule has 0 aliphatic rings. The first-order chi connectivity index (χ1) is 8.56. The zero-order valence-electron chi connectivity index (χ0n) is 11.1. The highest BCUT2D eigenvalue weighted by atomic mass is 32.2. The Morgan fingerprint density at radius 3 is 2.78 bits per heavy atom. The summed E-state index contributed by atoms with van der Waals surface area (Å²) in [6, 6.07) is 1.77. The highest BCUT2D eigenvalue weighted by Gasteiger charge is 2.17. The van der Waals surface area contributed by atoms with E-state index in [0.29, 0.717) is 13.0 Å². The molecule has 0 bridgehead atoms. The molecule has 0 radical (unpaired) electrons. The molecule has 0 aliphatic carbocycles. The van der Waals surface area contributed by atoms with E-state index in [2.05, 4.69) is 5.32 Å². The number of nitrogens with one attached hydrogen (secondary N) is 1. The zero-order chi connectivity index (χ0) is 13.4. The van der Waals surface area contributed by atoms with Crippen molar-refractivity contribution in [1.82, 2.24) is 9.62 Å². The summed E-state index contributed by atoms with van der Waals surface area (Å²) in [5, 5.41) is 3.18. The van der Waals surface area contributed by atoms with Crippen LogP contribution < -0.4 is 5.32 Å². The van der Waals surface area contributed by atoms with Gasteiger partial charge in [0.05, 0.1) is 18.3 Å². The summed E-state index contributed by atoms with van der Waals surface area (Å²) in [5.74, 6) is 0.201. The molecule has 0 amide bonds. The second kappa shape index (κ2) is 7.56. The van der Waals surface area contributed by atoms with Gasteiger partial charge < -0.3 is 9.73 Å². The molecule has 0 saturated heterocycles. The molecule has 0 atom stereocenters. The van der Waals surface area contributed by atoms with Crippen LogP contribution in [0.25, 0.3) is 0 Å². The van der Waals surface area contributed by atoms with E-state index < -0.39 is 10.0 Å². The Labute approximate surface area is 109 Å². The largest absolute Gasteiger partial charge is 0.472 e. The maximum absolute atomic E-state index is 12.0. The van der Waals surface area contributed by atoms with Gasteiger partial charge in [0.1, 0.15) is 0 Å². The number of rotatable bonds is 9. The van der Waals surface area contributed by atoms with Gasteiger partial charge in [0.25, 0.3) is 0 Å². The van der Waals surface area contributed by atoms with Crippen molar-refractivity contribution in [2.75, 3.05) is 25.9 Å². The lowest BCUT2D eigenvalue weighted by Gasteiger charge is -2.16. The van der Waals surface area contributed by atoms with Crippen LogP contribution in [0.1, 0.15) is 25.3 Å². The summed E-state index contributed by atoms with van der Waals surface area (Å²) in [6.45, 7) is 4.20. The molecule has 18 heavy (non-hydrogen) atoms. The number of unbranched alkanes of at least 4 members (excludes halogenated alkanes) is 1. The fraction of sp³-hybridized carbons (Fsp3) is 0.667. The van der Waals surface area contributed by atoms with Crippen molar-refractivity contribution in [3.05, 3.63) is 24.2 Å². The summed E-state index contributed by atoms with van der Waals surface area (Å²) >= 11 is 0. The normalized spacial score (nSPS) is 12.2. The molecule has 1 aromatic heterocycles. The topological polar surface area (TPSA) is 62.6 Å². The van der Waals surface area contributed by atoms with E-state index in [1.165, 1.54) is 4.31 Å². The third-order valence-electron chi connectivity index (χ3n) is 2.72. The highest BCUT2D eigenvalue weighted by Crippen LogP contribution is 2.09. The first-order valence-electron chi connectivity index (χ1n) is 6.22. The Bertz CT molecular complexity index is 415. The van der Waals surface area contributed by atoms with Crippen LogP contribution in [0.15, 0.2) is 23.0 Å². The third-order valence-corrected chi connectivity index (χ3v) is 4.60. The molecule has 0 fully saturated rings. The number of hydrogen-bond acceptors (Lipinski definition) is 4.